The third-order valence-electron chi connectivity index (χ3n) is 4.87. The molecule has 1 aromatic rings. The van der Waals surface area contributed by atoms with Gasteiger partial charge in [-0.25, -0.2) is 4.79 Å². The standard InChI is InChI=1S/C19H29N5O2S/c1-12-15(11-21-22-20)13(2)17(27)14(3)16(12)23-7-9-24(10-8-23)18(25)26-19(4,5)6/h27H,7-11H2,1-6H3. The second kappa shape index (κ2) is 8.31. The lowest BCUT2D eigenvalue weighted by Crippen LogP contribution is -2.50. The van der Waals surface area contributed by atoms with Crippen LogP contribution in [0.2, 0.25) is 0 Å². The Balaban J connectivity index is 2.24. The molecule has 0 bridgehead atoms. The molecule has 1 amide bonds. The van der Waals surface area contributed by atoms with Crippen molar-refractivity contribution in [3.63, 3.8) is 0 Å². The van der Waals surface area contributed by atoms with Gasteiger partial charge in [0.15, 0.2) is 0 Å². The minimum Gasteiger partial charge on any atom is -0.444 e. The smallest absolute Gasteiger partial charge is 0.410 e. The Kier molecular flexibility index (Phi) is 6.54. The van der Waals surface area contributed by atoms with Crippen LogP contribution in [0, 0.1) is 20.8 Å². The minimum atomic E-state index is -0.491. The van der Waals surface area contributed by atoms with Crippen LogP contribution in [0.4, 0.5) is 10.5 Å². The summed E-state index contributed by atoms with van der Waals surface area (Å²) < 4.78 is 5.47. The number of piperazine rings is 1. The summed E-state index contributed by atoms with van der Waals surface area (Å²) >= 11 is 4.69. The number of ether oxygens (including phenoxy) is 1. The van der Waals surface area contributed by atoms with Gasteiger partial charge in [0.05, 0.1) is 6.54 Å². The van der Waals surface area contributed by atoms with Gasteiger partial charge in [0.1, 0.15) is 5.60 Å². The topological polar surface area (TPSA) is 81.5 Å². The van der Waals surface area contributed by atoms with Gasteiger partial charge < -0.3 is 14.5 Å². The van der Waals surface area contributed by atoms with E-state index in [2.05, 4.69) is 28.8 Å². The number of carbonyl (C=O) groups excluding carboxylic acids is 1. The summed E-state index contributed by atoms with van der Waals surface area (Å²) in [5, 5.41) is 3.75. The van der Waals surface area contributed by atoms with Crippen LogP contribution in [0.15, 0.2) is 10.0 Å². The largest absolute Gasteiger partial charge is 0.444 e. The molecular formula is C19H29N5O2S. The van der Waals surface area contributed by atoms with Gasteiger partial charge in [0.25, 0.3) is 0 Å². The summed E-state index contributed by atoms with van der Waals surface area (Å²) in [7, 11) is 0. The summed E-state index contributed by atoms with van der Waals surface area (Å²) in [5.74, 6) is 0. The van der Waals surface area contributed by atoms with E-state index in [1.165, 1.54) is 0 Å². The zero-order valence-corrected chi connectivity index (χ0v) is 17.9. The number of azide groups is 1. The fourth-order valence-electron chi connectivity index (χ4n) is 3.49. The van der Waals surface area contributed by atoms with Crippen molar-refractivity contribution in [1.82, 2.24) is 4.90 Å². The van der Waals surface area contributed by atoms with E-state index in [9.17, 15) is 4.79 Å². The molecule has 1 aromatic carbocycles. The number of hydrogen-bond donors (Lipinski definition) is 1. The first-order valence-electron chi connectivity index (χ1n) is 9.12. The minimum absolute atomic E-state index is 0.265. The maximum atomic E-state index is 12.3. The fraction of sp³-hybridized carbons (Fsp3) is 0.632. The first kappa shape index (κ1) is 21.3. The van der Waals surface area contributed by atoms with Gasteiger partial charge in [-0.2, -0.15) is 0 Å². The molecule has 1 aliphatic rings. The van der Waals surface area contributed by atoms with Crippen LogP contribution in [0.1, 0.15) is 43.0 Å². The SMILES string of the molecule is Cc1c(S)c(C)c(N2CCN(C(=O)OC(C)(C)C)CC2)c(C)c1CN=[N+]=[N-]. The molecule has 1 fully saturated rings. The Bertz CT molecular complexity index is 774. The lowest BCUT2D eigenvalue weighted by atomic mass is 9.96. The van der Waals surface area contributed by atoms with Gasteiger partial charge in [-0.05, 0) is 69.3 Å². The van der Waals surface area contributed by atoms with Gasteiger partial charge in [0, 0.05) is 41.7 Å². The van der Waals surface area contributed by atoms with Gasteiger partial charge in [-0.15, -0.1) is 12.6 Å². The molecule has 1 saturated heterocycles. The van der Waals surface area contributed by atoms with Crippen molar-refractivity contribution in [2.24, 2.45) is 5.11 Å². The van der Waals surface area contributed by atoms with E-state index in [-0.39, 0.29) is 6.09 Å². The maximum absolute atomic E-state index is 12.3. The Morgan fingerprint density at radius 3 is 2.26 bits per heavy atom. The van der Waals surface area contributed by atoms with Crippen LogP contribution in [0.5, 0.6) is 0 Å². The first-order chi connectivity index (χ1) is 12.6. The average molecular weight is 392 g/mol. The highest BCUT2D eigenvalue weighted by atomic mass is 32.1. The molecule has 1 aliphatic heterocycles. The summed E-state index contributed by atoms with van der Waals surface area (Å²) in [5.41, 5.74) is 13.6. The molecule has 0 unspecified atom stereocenters. The molecule has 0 aliphatic carbocycles. The number of nitrogens with zero attached hydrogens (tertiary/aromatic N) is 5. The molecule has 148 valence electrons. The molecule has 0 aromatic heterocycles. The summed E-state index contributed by atoms with van der Waals surface area (Å²) in [6.45, 7) is 14.7. The van der Waals surface area contributed by atoms with E-state index in [1.54, 1.807) is 4.90 Å². The Morgan fingerprint density at radius 2 is 1.74 bits per heavy atom. The van der Waals surface area contributed by atoms with Crippen LogP contribution >= 0.6 is 12.6 Å². The zero-order valence-electron chi connectivity index (χ0n) is 17.0. The van der Waals surface area contributed by atoms with E-state index in [1.807, 2.05) is 27.7 Å². The van der Waals surface area contributed by atoms with Crippen molar-refractivity contribution in [1.29, 1.82) is 0 Å². The molecule has 0 saturated carbocycles. The maximum Gasteiger partial charge on any atom is 0.410 e. The molecular weight excluding hydrogens is 362 g/mol. The third kappa shape index (κ3) is 4.82. The molecule has 7 nitrogen and oxygen atoms in total. The van der Waals surface area contributed by atoms with E-state index in [0.717, 1.165) is 45.9 Å². The first-order valence-corrected chi connectivity index (χ1v) is 9.57. The van der Waals surface area contributed by atoms with E-state index in [4.69, 9.17) is 22.9 Å². The Labute approximate surface area is 166 Å². The second-order valence-electron chi connectivity index (χ2n) is 7.89. The number of benzene rings is 1. The highest BCUT2D eigenvalue weighted by Gasteiger charge is 2.28. The molecule has 2 rings (SSSR count). The van der Waals surface area contributed by atoms with Crippen molar-refractivity contribution in [2.45, 2.75) is 58.6 Å². The number of hydrogen-bond acceptors (Lipinski definition) is 5. The van der Waals surface area contributed by atoms with Crippen LogP contribution < -0.4 is 4.90 Å². The Hall–Kier alpha value is -2.05. The quantitative estimate of drug-likeness (QED) is 0.349. The zero-order chi connectivity index (χ0) is 20.4. The van der Waals surface area contributed by atoms with Crippen molar-refractivity contribution < 1.29 is 9.53 Å². The second-order valence-corrected chi connectivity index (χ2v) is 8.34. The molecule has 8 heteroatoms. The summed E-state index contributed by atoms with van der Waals surface area (Å²) in [4.78, 5) is 20.1. The van der Waals surface area contributed by atoms with E-state index < -0.39 is 5.60 Å². The van der Waals surface area contributed by atoms with Crippen molar-refractivity contribution in [3.05, 3.63) is 32.7 Å². The number of carbonyl (C=O) groups is 1. The van der Waals surface area contributed by atoms with Gasteiger partial charge >= 0.3 is 6.09 Å². The average Bonchev–Trinajstić information content (AvgIpc) is 2.59. The van der Waals surface area contributed by atoms with E-state index >= 15 is 0 Å². The van der Waals surface area contributed by atoms with Gasteiger partial charge in [-0.3, -0.25) is 0 Å². The van der Waals surface area contributed by atoms with E-state index in [0.29, 0.717) is 19.6 Å². The predicted octanol–water partition coefficient (Wildman–Crippen LogP) is 4.77. The lowest BCUT2D eigenvalue weighted by molar-refractivity contribution is 0.0240. The van der Waals surface area contributed by atoms with Gasteiger partial charge in [0.2, 0.25) is 0 Å². The van der Waals surface area contributed by atoms with Crippen LogP contribution in [0.3, 0.4) is 0 Å². The molecule has 1 heterocycles. The molecule has 0 atom stereocenters. The van der Waals surface area contributed by atoms with Crippen LogP contribution in [-0.2, 0) is 11.3 Å². The predicted molar refractivity (Wildman–Crippen MR) is 111 cm³/mol. The highest BCUT2D eigenvalue weighted by molar-refractivity contribution is 7.80. The van der Waals surface area contributed by atoms with Crippen molar-refractivity contribution in [2.75, 3.05) is 31.1 Å². The normalized spacial score (nSPS) is 14.8. The van der Waals surface area contributed by atoms with Crippen molar-refractivity contribution in [3.8, 4) is 0 Å². The van der Waals surface area contributed by atoms with Crippen molar-refractivity contribution >= 4 is 24.4 Å². The number of thiol groups is 1. The molecule has 0 radical (unpaired) electrons. The summed E-state index contributed by atoms with van der Waals surface area (Å²) in [6.07, 6.45) is -0.265. The summed E-state index contributed by atoms with van der Waals surface area (Å²) in [6, 6.07) is 0. The Morgan fingerprint density at radius 1 is 1.15 bits per heavy atom. The molecule has 0 N–H and O–H groups in total. The molecule has 0 spiro atoms. The van der Waals surface area contributed by atoms with Crippen LogP contribution in [0.25, 0.3) is 10.4 Å². The number of amides is 1. The lowest BCUT2D eigenvalue weighted by Gasteiger charge is -2.38. The third-order valence-corrected chi connectivity index (χ3v) is 5.54. The fourth-order valence-corrected chi connectivity index (χ4v) is 3.74. The highest BCUT2D eigenvalue weighted by Crippen LogP contribution is 2.36. The number of rotatable bonds is 3. The molecule has 27 heavy (non-hydrogen) atoms. The number of anilines is 1. The van der Waals surface area contributed by atoms with Crippen LogP contribution in [-0.4, -0.2) is 42.8 Å². The van der Waals surface area contributed by atoms with Gasteiger partial charge in [-0.1, -0.05) is 5.11 Å². The monoisotopic (exact) mass is 391 g/mol.